The Morgan fingerprint density at radius 2 is 2.29 bits per heavy atom. The number of hydrogen-bond acceptors (Lipinski definition) is 4. The van der Waals surface area contributed by atoms with Gasteiger partial charge in [-0.05, 0) is 30.5 Å². The molecule has 0 radical (unpaired) electrons. The molecule has 0 aromatic heterocycles. The topological polar surface area (TPSA) is 67.6 Å². The highest BCUT2D eigenvalue weighted by molar-refractivity contribution is 5.82. The summed E-state index contributed by atoms with van der Waals surface area (Å²) in [5, 5.41) is 2.96. The fraction of sp³-hybridized carbons (Fsp3) is 0.562. The number of carbonyl (C=O) groups is 1. The van der Waals surface area contributed by atoms with E-state index in [1.54, 1.807) is 0 Å². The fourth-order valence-corrected chi connectivity index (χ4v) is 2.40. The zero-order chi connectivity index (χ0) is 15.4. The lowest BCUT2D eigenvalue weighted by atomic mass is 10.1. The molecule has 0 saturated carbocycles. The number of amides is 1. The summed E-state index contributed by atoms with van der Waals surface area (Å²) in [5.74, 6) is 1.32. The van der Waals surface area contributed by atoms with Crippen LogP contribution in [0.2, 0.25) is 0 Å². The molecule has 1 atom stereocenters. The Hall–Kier alpha value is -1.75. The number of nitrogens with two attached hydrogens (primary N) is 1. The fourth-order valence-electron chi connectivity index (χ4n) is 2.40. The van der Waals surface area contributed by atoms with E-state index in [-0.39, 0.29) is 12.0 Å². The highest BCUT2D eigenvalue weighted by Gasteiger charge is 2.24. The molecular formula is C16H25N3O2. The van der Waals surface area contributed by atoms with E-state index in [2.05, 4.69) is 24.1 Å². The molecule has 21 heavy (non-hydrogen) atoms. The molecule has 1 amide bonds. The van der Waals surface area contributed by atoms with Gasteiger partial charge in [0, 0.05) is 13.1 Å². The third-order valence-electron chi connectivity index (χ3n) is 3.45. The minimum atomic E-state index is 0.0478. The summed E-state index contributed by atoms with van der Waals surface area (Å²) in [6.45, 7) is 8.44. The molecule has 0 saturated heterocycles. The zero-order valence-electron chi connectivity index (χ0n) is 13.1. The molecule has 0 fully saturated rings. The summed E-state index contributed by atoms with van der Waals surface area (Å²) in [5.41, 5.74) is 7.66. The Labute approximate surface area is 126 Å². The molecule has 0 bridgehead atoms. The monoisotopic (exact) mass is 291 g/mol. The summed E-state index contributed by atoms with van der Waals surface area (Å²) >= 11 is 0. The van der Waals surface area contributed by atoms with E-state index in [4.69, 9.17) is 10.5 Å². The molecule has 116 valence electrons. The normalized spacial score (nSPS) is 17.4. The van der Waals surface area contributed by atoms with Crippen LogP contribution in [0.15, 0.2) is 18.2 Å². The van der Waals surface area contributed by atoms with Crippen LogP contribution in [-0.4, -0.2) is 31.6 Å². The number of carbonyl (C=O) groups excluding carboxylic acids is 1. The van der Waals surface area contributed by atoms with Crippen molar-refractivity contribution in [3.05, 3.63) is 23.8 Å². The first-order valence-electron chi connectivity index (χ1n) is 7.51. The van der Waals surface area contributed by atoms with Crippen LogP contribution >= 0.6 is 0 Å². The highest BCUT2D eigenvalue weighted by atomic mass is 16.5. The third kappa shape index (κ3) is 4.11. The highest BCUT2D eigenvalue weighted by Crippen LogP contribution is 2.34. The summed E-state index contributed by atoms with van der Waals surface area (Å²) in [4.78, 5) is 14.1. The Morgan fingerprint density at radius 3 is 2.95 bits per heavy atom. The predicted octanol–water partition coefficient (Wildman–Crippen LogP) is 1.50. The van der Waals surface area contributed by atoms with Gasteiger partial charge in [0.15, 0.2) is 0 Å². The van der Waals surface area contributed by atoms with Gasteiger partial charge in [-0.2, -0.15) is 0 Å². The van der Waals surface area contributed by atoms with Crippen molar-refractivity contribution < 1.29 is 9.53 Å². The van der Waals surface area contributed by atoms with Crippen molar-refractivity contribution in [1.82, 2.24) is 5.32 Å². The molecule has 0 spiro atoms. The largest absolute Gasteiger partial charge is 0.487 e. The van der Waals surface area contributed by atoms with E-state index >= 15 is 0 Å². The first kappa shape index (κ1) is 15.6. The lowest BCUT2D eigenvalue weighted by molar-refractivity contribution is -0.120. The van der Waals surface area contributed by atoms with Crippen LogP contribution in [0.25, 0.3) is 0 Å². The molecule has 3 N–H and O–H groups in total. The molecule has 1 heterocycles. The van der Waals surface area contributed by atoms with Crippen LogP contribution in [0, 0.1) is 5.92 Å². The van der Waals surface area contributed by atoms with Gasteiger partial charge in [0.1, 0.15) is 11.9 Å². The van der Waals surface area contributed by atoms with Gasteiger partial charge in [-0.1, -0.05) is 19.9 Å². The summed E-state index contributed by atoms with van der Waals surface area (Å²) in [6, 6.07) is 5.93. The second-order valence-electron chi connectivity index (χ2n) is 6.01. The number of nitrogens with zero attached hydrogens (tertiary/aromatic N) is 1. The number of ether oxygens (including phenoxy) is 1. The van der Waals surface area contributed by atoms with Gasteiger partial charge in [-0.25, -0.2) is 0 Å². The van der Waals surface area contributed by atoms with Crippen LogP contribution in [0.4, 0.5) is 5.69 Å². The standard InChI is InChI=1S/C16H25N3O2/c1-11(2)8-18-16(20)10-19-9-12(3)21-15-6-13(7-17)4-5-14(15)19/h4-6,11-12H,7-10,17H2,1-3H3,(H,18,20). The lowest BCUT2D eigenvalue weighted by Crippen LogP contribution is -2.44. The van der Waals surface area contributed by atoms with Gasteiger partial charge in [0.25, 0.3) is 0 Å². The van der Waals surface area contributed by atoms with Crippen molar-refractivity contribution in [2.45, 2.75) is 33.4 Å². The maximum absolute atomic E-state index is 12.0. The number of anilines is 1. The van der Waals surface area contributed by atoms with Crippen molar-refractivity contribution >= 4 is 11.6 Å². The maximum Gasteiger partial charge on any atom is 0.239 e. The number of fused-ring (bicyclic) bond motifs is 1. The molecule has 1 aliphatic rings. The van der Waals surface area contributed by atoms with Gasteiger partial charge in [0.05, 0.1) is 18.8 Å². The van der Waals surface area contributed by atoms with Gasteiger partial charge in [-0.15, -0.1) is 0 Å². The average molecular weight is 291 g/mol. The molecule has 1 aromatic rings. The van der Waals surface area contributed by atoms with Crippen LogP contribution in [-0.2, 0) is 11.3 Å². The number of hydrogen-bond donors (Lipinski definition) is 2. The van der Waals surface area contributed by atoms with E-state index < -0.39 is 0 Å². The van der Waals surface area contributed by atoms with Gasteiger partial charge < -0.3 is 20.7 Å². The summed E-state index contributed by atoms with van der Waals surface area (Å²) < 4.78 is 5.86. The van der Waals surface area contributed by atoms with Crippen LogP contribution < -0.4 is 20.7 Å². The average Bonchev–Trinajstić information content (AvgIpc) is 2.44. The Morgan fingerprint density at radius 1 is 1.52 bits per heavy atom. The summed E-state index contributed by atoms with van der Waals surface area (Å²) in [6.07, 6.45) is 0.0587. The van der Waals surface area contributed by atoms with Crippen molar-refractivity contribution in [3.8, 4) is 5.75 Å². The van der Waals surface area contributed by atoms with E-state index in [0.29, 0.717) is 32.1 Å². The van der Waals surface area contributed by atoms with Crippen molar-refractivity contribution in [3.63, 3.8) is 0 Å². The minimum Gasteiger partial charge on any atom is -0.487 e. The maximum atomic E-state index is 12.0. The molecule has 2 rings (SSSR count). The molecule has 5 nitrogen and oxygen atoms in total. The van der Waals surface area contributed by atoms with Crippen LogP contribution in [0.3, 0.4) is 0 Å². The summed E-state index contributed by atoms with van der Waals surface area (Å²) in [7, 11) is 0. The second-order valence-corrected chi connectivity index (χ2v) is 6.01. The SMILES string of the molecule is CC(C)CNC(=O)CN1CC(C)Oc2cc(CN)ccc21. The Bertz CT molecular complexity index is 502. The zero-order valence-corrected chi connectivity index (χ0v) is 13.1. The molecule has 0 aliphatic carbocycles. The number of rotatable bonds is 5. The molecule has 5 heteroatoms. The molecule has 1 aromatic carbocycles. The Balaban J connectivity index is 2.09. The lowest BCUT2D eigenvalue weighted by Gasteiger charge is -2.34. The number of benzene rings is 1. The van der Waals surface area contributed by atoms with Crippen molar-refractivity contribution in [2.24, 2.45) is 11.7 Å². The van der Waals surface area contributed by atoms with Crippen LogP contribution in [0.5, 0.6) is 5.75 Å². The van der Waals surface area contributed by atoms with Gasteiger partial charge >= 0.3 is 0 Å². The van der Waals surface area contributed by atoms with E-state index in [9.17, 15) is 4.79 Å². The van der Waals surface area contributed by atoms with Crippen molar-refractivity contribution in [2.75, 3.05) is 24.5 Å². The third-order valence-corrected chi connectivity index (χ3v) is 3.45. The van der Waals surface area contributed by atoms with Gasteiger partial charge in [0.2, 0.25) is 5.91 Å². The second kappa shape index (κ2) is 6.80. The smallest absolute Gasteiger partial charge is 0.239 e. The first-order chi connectivity index (χ1) is 9.99. The van der Waals surface area contributed by atoms with Crippen LogP contribution in [0.1, 0.15) is 26.3 Å². The number of nitrogens with one attached hydrogen (secondary N) is 1. The Kier molecular flexibility index (Phi) is 5.07. The predicted molar refractivity (Wildman–Crippen MR) is 84.5 cm³/mol. The quantitative estimate of drug-likeness (QED) is 0.863. The van der Waals surface area contributed by atoms with E-state index in [1.807, 2.05) is 25.1 Å². The van der Waals surface area contributed by atoms with Gasteiger partial charge in [-0.3, -0.25) is 4.79 Å². The first-order valence-corrected chi connectivity index (χ1v) is 7.51. The van der Waals surface area contributed by atoms with E-state index in [1.165, 1.54) is 0 Å². The van der Waals surface area contributed by atoms with Crippen molar-refractivity contribution in [1.29, 1.82) is 0 Å². The molecule has 1 aliphatic heterocycles. The molecular weight excluding hydrogens is 266 g/mol. The van der Waals surface area contributed by atoms with E-state index in [0.717, 1.165) is 17.0 Å². The molecule has 1 unspecified atom stereocenters. The minimum absolute atomic E-state index is 0.0478.